The van der Waals surface area contributed by atoms with Crippen molar-refractivity contribution >= 4 is 34.1 Å². The van der Waals surface area contributed by atoms with E-state index < -0.39 is 0 Å². The van der Waals surface area contributed by atoms with Gasteiger partial charge in [-0.3, -0.25) is 10.1 Å². The fourth-order valence-electron chi connectivity index (χ4n) is 1.50. The quantitative estimate of drug-likeness (QED) is 0.677. The van der Waals surface area contributed by atoms with Crippen LogP contribution in [0.3, 0.4) is 0 Å². The van der Waals surface area contributed by atoms with Crippen molar-refractivity contribution < 1.29 is 4.79 Å². The number of aryl methyl sites for hydroxylation is 1. The molecule has 1 aromatic heterocycles. The van der Waals surface area contributed by atoms with Gasteiger partial charge in [0.15, 0.2) is 4.34 Å². The summed E-state index contributed by atoms with van der Waals surface area (Å²) in [5, 5.41) is 11.3. The molecule has 19 heavy (non-hydrogen) atoms. The molecule has 100 valence electrons. The fraction of sp³-hybridized carbons (Fsp3) is 0.308. The van der Waals surface area contributed by atoms with Crippen molar-refractivity contribution in [2.24, 2.45) is 0 Å². The number of rotatable bonds is 5. The minimum Gasteiger partial charge on any atom is -0.296 e. The van der Waals surface area contributed by atoms with E-state index in [-0.39, 0.29) is 5.91 Å². The summed E-state index contributed by atoms with van der Waals surface area (Å²) < 4.78 is 0.874. The zero-order valence-electron chi connectivity index (χ0n) is 10.8. The van der Waals surface area contributed by atoms with E-state index in [0.717, 1.165) is 16.5 Å². The molecule has 0 aliphatic rings. The van der Waals surface area contributed by atoms with E-state index in [0.29, 0.717) is 10.7 Å². The molecular weight excluding hydrogens is 278 g/mol. The van der Waals surface area contributed by atoms with Gasteiger partial charge >= 0.3 is 0 Å². The van der Waals surface area contributed by atoms with Gasteiger partial charge in [-0.15, -0.1) is 10.2 Å². The highest BCUT2D eigenvalue weighted by atomic mass is 32.2. The number of nitrogens with zero attached hydrogens (tertiary/aromatic N) is 2. The highest BCUT2D eigenvalue weighted by Gasteiger charge is 2.10. The maximum atomic E-state index is 12.0. The van der Waals surface area contributed by atoms with Gasteiger partial charge in [0.1, 0.15) is 0 Å². The molecule has 2 rings (SSSR count). The average molecular weight is 293 g/mol. The Morgan fingerprint density at radius 2 is 2.00 bits per heavy atom. The van der Waals surface area contributed by atoms with Crippen LogP contribution < -0.4 is 5.32 Å². The van der Waals surface area contributed by atoms with Crippen LogP contribution in [0.15, 0.2) is 28.6 Å². The summed E-state index contributed by atoms with van der Waals surface area (Å²) in [5.74, 6) is 0.799. The standard InChI is InChI=1S/C13H15N3OS2/c1-3-9-5-7-10(8-6-9)11(17)14-12-15-16-13(19-12)18-4-2/h5-8H,3-4H2,1-2H3,(H,14,15,17). The lowest BCUT2D eigenvalue weighted by atomic mass is 10.1. The minimum absolute atomic E-state index is 0.146. The Balaban J connectivity index is 2.02. The minimum atomic E-state index is -0.146. The highest BCUT2D eigenvalue weighted by Crippen LogP contribution is 2.25. The molecule has 2 aromatic rings. The SMILES string of the molecule is CCSc1nnc(NC(=O)c2ccc(CC)cc2)s1. The molecule has 0 fully saturated rings. The van der Waals surface area contributed by atoms with E-state index in [2.05, 4.69) is 29.4 Å². The molecule has 1 amide bonds. The smallest absolute Gasteiger partial charge is 0.257 e. The number of amides is 1. The highest BCUT2D eigenvalue weighted by molar-refractivity contribution is 8.01. The number of hydrogen-bond donors (Lipinski definition) is 1. The third-order valence-electron chi connectivity index (χ3n) is 2.52. The first kappa shape index (κ1) is 14.0. The van der Waals surface area contributed by atoms with Gasteiger partial charge in [-0.2, -0.15) is 0 Å². The first-order chi connectivity index (χ1) is 9.22. The molecule has 6 heteroatoms. The molecule has 0 unspecified atom stereocenters. The van der Waals surface area contributed by atoms with Crippen LogP contribution >= 0.6 is 23.1 Å². The molecule has 0 saturated carbocycles. The van der Waals surface area contributed by atoms with Crippen molar-refractivity contribution in [2.75, 3.05) is 11.1 Å². The summed E-state index contributed by atoms with van der Waals surface area (Å²) in [5.41, 5.74) is 1.85. The lowest BCUT2D eigenvalue weighted by Gasteiger charge is -2.02. The van der Waals surface area contributed by atoms with E-state index in [1.807, 2.05) is 24.3 Å². The van der Waals surface area contributed by atoms with E-state index >= 15 is 0 Å². The number of anilines is 1. The van der Waals surface area contributed by atoms with Crippen molar-refractivity contribution in [2.45, 2.75) is 24.6 Å². The zero-order valence-corrected chi connectivity index (χ0v) is 12.5. The Morgan fingerprint density at radius 3 is 2.63 bits per heavy atom. The topological polar surface area (TPSA) is 54.9 Å². The van der Waals surface area contributed by atoms with Crippen molar-refractivity contribution in [3.63, 3.8) is 0 Å². The summed E-state index contributed by atoms with van der Waals surface area (Å²) in [6.07, 6.45) is 0.968. The van der Waals surface area contributed by atoms with Crippen LogP contribution in [0.5, 0.6) is 0 Å². The summed E-state index contributed by atoms with van der Waals surface area (Å²) in [6, 6.07) is 7.59. The lowest BCUT2D eigenvalue weighted by molar-refractivity contribution is 0.102. The second-order valence-electron chi connectivity index (χ2n) is 3.81. The Hall–Kier alpha value is -1.40. The molecule has 0 radical (unpaired) electrons. The molecule has 0 bridgehead atoms. The van der Waals surface area contributed by atoms with Gasteiger partial charge in [-0.1, -0.05) is 49.1 Å². The number of carbonyl (C=O) groups is 1. The largest absolute Gasteiger partial charge is 0.296 e. The zero-order chi connectivity index (χ0) is 13.7. The maximum Gasteiger partial charge on any atom is 0.257 e. The number of benzene rings is 1. The van der Waals surface area contributed by atoms with E-state index in [1.165, 1.54) is 16.9 Å². The van der Waals surface area contributed by atoms with Crippen molar-refractivity contribution in [3.8, 4) is 0 Å². The molecule has 1 N–H and O–H groups in total. The van der Waals surface area contributed by atoms with Crippen LogP contribution in [0.2, 0.25) is 0 Å². The number of hydrogen-bond acceptors (Lipinski definition) is 5. The molecule has 4 nitrogen and oxygen atoms in total. The molecule has 0 spiro atoms. The summed E-state index contributed by atoms with van der Waals surface area (Å²) in [4.78, 5) is 12.0. The van der Waals surface area contributed by atoms with Crippen LogP contribution in [0.1, 0.15) is 29.8 Å². The molecule has 1 aromatic carbocycles. The molecular formula is C13H15N3OS2. The van der Waals surface area contributed by atoms with Gasteiger partial charge < -0.3 is 0 Å². The Kier molecular flexibility index (Phi) is 4.93. The van der Waals surface area contributed by atoms with Gasteiger partial charge in [0, 0.05) is 5.56 Å². The number of aromatic nitrogens is 2. The second-order valence-corrected chi connectivity index (χ2v) is 6.30. The van der Waals surface area contributed by atoms with Crippen LogP contribution in [0.4, 0.5) is 5.13 Å². The lowest BCUT2D eigenvalue weighted by Crippen LogP contribution is -2.11. The molecule has 0 saturated heterocycles. The predicted octanol–water partition coefficient (Wildman–Crippen LogP) is 3.46. The Labute approximate surface area is 120 Å². The normalized spacial score (nSPS) is 10.4. The number of carbonyl (C=O) groups excluding carboxylic acids is 1. The van der Waals surface area contributed by atoms with Crippen LogP contribution in [0.25, 0.3) is 0 Å². The fourth-order valence-corrected chi connectivity index (χ4v) is 3.15. The van der Waals surface area contributed by atoms with Gasteiger partial charge in [0.2, 0.25) is 5.13 Å². The van der Waals surface area contributed by atoms with Crippen molar-refractivity contribution in [3.05, 3.63) is 35.4 Å². The predicted molar refractivity (Wildman–Crippen MR) is 80.1 cm³/mol. The first-order valence-corrected chi connectivity index (χ1v) is 7.89. The monoisotopic (exact) mass is 293 g/mol. The summed E-state index contributed by atoms with van der Waals surface area (Å²) in [7, 11) is 0. The average Bonchev–Trinajstić information content (AvgIpc) is 2.86. The van der Waals surface area contributed by atoms with Gasteiger partial charge in [-0.25, -0.2) is 0 Å². The van der Waals surface area contributed by atoms with E-state index in [4.69, 9.17) is 0 Å². The van der Waals surface area contributed by atoms with Gasteiger partial charge in [0.05, 0.1) is 0 Å². The van der Waals surface area contributed by atoms with E-state index in [1.54, 1.807) is 11.8 Å². The molecule has 0 aliphatic carbocycles. The van der Waals surface area contributed by atoms with Gasteiger partial charge in [-0.05, 0) is 29.9 Å². The van der Waals surface area contributed by atoms with Gasteiger partial charge in [0.25, 0.3) is 5.91 Å². The first-order valence-electron chi connectivity index (χ1n) is 6.09. The molecule has 1 heterocycles. The van der Waals surface area contributed by atoms with Crippen LogP contribution in [-0.2, 0) is 6.42 Å². The third kappa shape index (κ3) is 3.78. The maximum absolute atomic E-state index is 12.0. The summed E-state index contributed by atoms with van der Waals surface area (Å²) >= 11 is 3.01. The van der Waals surface area contributed by atoms with Crippen LogP contribution in [0, 0.1) is 0 Å². The van der Waals surface area contributed by atoms with E-state index in [9.17, 15) is 4.79 Å². The van der Waals surface area contributed by atoms with Crippen molar-refractivity contribution in [1.29, 1.82) is 0 Å². The van der Waals surface area contributed by atoms with Crippen LogP contribution in [-0.4, -0.2) is 21.9 Å². The molecule has 0 atom stereocenters. The number of nitrogens with one attached hydrogen (secondary N) is 1. The molecule has 0 aliphatic heterocycles. The summed E-state index contributed by atoms with van der Waals surface area (Å²) in [6.45, 7) is 4.14. The second kappa shape index (κ2) is 6.68. The third-order valence-corrected chi connectivity index (χ3v) is 4.37. The Bertz CT molecular complexity index is 551. The number of thioether (sulfide) groups is 1. The Morgan fingerprint density at radius 1 is 1.26 bits per heavy atom. The van der Waals surface area contributed by atoms with Crippen molar-refractivity contribution in [1.82, 2.24) is 10.2 Å².